The normalized spacial score (nSPS) is 26.5. The van der Waals surface area contributed by atoms with Crippen LogP contribution in [-0.2, 0) is 6.54 Å². The Morgan fingerprint density at radius 2 is 2.00 bits per heavy atom. The van der Waals surface area contributed by atoms with Gasteiger partial charge in [0.1, 0.15) is 5.67 Å². The third kappa shape index (κ3) is 2.43. The fourth-order valence-corrected chi connectivity index (χ4v) is 2.32. The second-order valence-electron chi connectivity index (χ2n) is 5.14. The number of rotatable bonds is 3. The molecule has 1 saturated heterocycles. The lowest BCUT2D eigenvalue weighted by molar-refractivity contribution is 0.106. The fourth-order valence-electron chi connectivity index (χ4n) is 2.32. The summed E-state index contributed by atoms with van der Waals surface area (Å²) in [5, 5.41) is 0. The van der Waals surface area contributed by atoms with Crippen LogP contribution < -0.4 is 0 Å². The predicted octanol–water partition coefficient (Wildman–Crippen LogP) is 3.26. The summed E-state index contributed by atoms with van der Waals surface area (Å²) in [6, 6.07) is 10.3. The molecule has 0 N–H and O–H groups in total. The summed E-state index contributed by atoms with van der Waals surface area (Å²) < 4.78 is 14.3. The number of likely N-dealkylation sites (tertiary alicyclic amines) is 1. The molecule has 1 heterocycles. The van der Waals surface area contributed by atoms with E-state index < -0.39 is 5.67 Å². The summed E-state index contributed by atoms with van der Waals surface area (Å²) in [4.78, 5) is 2.22. The Bertz CT molecular complexity index is 336. The van der Waals surface area contributed by atoms with Crippen molar-refractivity contribution in [3.8, 4) is 0 Å². The average Bonchev–Trinajstić information content (AvgIpc) is 2.63. The first-order valence-corrected chi connectivity index (χ1v) is 6.05. The Labute approximate surface area is 97.3 Å². The molecule has 0 aliphatic carbocycles. The first-order chi connectivity index (χ1) is 7.60. The van der Waals surface area contributed by atoms with Crippen molar-refractivity contribution in [3.63, 3.8) is 0 Å². The van der Waals surface area contributed by atoms with Gasteiger partial charge in [0.15, 0.2) is 0 Å². The predicted molar refractivity (Wildman–Crippen MR) is 65.0 cm³/mol. The van der Waals surface area contributed by atoms with Crippen molar-refractivity contribution in [2.75, 3.05) is 13.1 Å². The van der Waals surface area contributed by atoms with E-state index in [4.69, 9.17) is 0 Å². The minimum absolute atomic E-state index is 0.119. The van der Waals surface area contributed by atoms with E-state index in [2.05, 4.69) is 17.0 Å². The van der Waals surface area contributed by atoms with Gasteiger partial charge in [-0.3, -0.25) is 4.90 Å². The average molecular weight is 221 g/mol. The zero-order valence-corrected chi connectivity index (χ0v) is 10.1. The summed E-state index contributed by atoms with van der Waals surface area (Å²) in [7, 11) is 0. The molecule has 2 heteroatoms. The molecule has 1 fully saturated rings. The van der Waals surface area contributed by atoms with Crippen molar-refractivity contribution >= 4 is 0 Å². The van der Waals surface area contributed by atoms with Crippen LogP contribution in [0.3, 0.4) is 0 Å². The SMILES string of the molecule is CC(C)C1(F)CCN(Cc2ccccc2)C1. The fraction of sp³-hybridized carbons (Fsp3) is 0.571. The molecule has 1 aliphatic heterocycles. The Kier molecular flexibility index (Phi) is 3.29. The van der Waals surface area contributed by atoms with Gasteiger partial charge in [-0.15, -0.1) is 0 Å². The number of nitrogens with zero attached hydrogens (tertiary/aromatic N) is 1. The Balaban J connectivity index is 1.95. The molecular weight excluding hydrogens is 201 g/mol. The second kappa shape index (κ2) is 4.54. The highest BCUT2D eigenvalue weighted by atomic mass is 19.1. The van der Waals surface area contributed by atoms with Crippen LogP contribution in [0.2, 0.25) is 0 Å². The first-order valence-electron chi connectivity index (χ1n) is 6.05. The highest BCUT2D eigenvalue weighted by Crippen LogP contribution is 2.33. The maximum atomic E-state index is 14.3. The van der Waals surface area contributed by atoms with Gasteiger partial charge in [0.25, 0.3) is 0 Å². The summed E-state index contributed by atoms with van der Waals surface area (Å²) in [5.41, 5.74) is 0.296. The largest absolute Gasteiger partial charge is 0.296 e. The van der Waals surface area contributed by atoms with Gasteiger partial charge in [0, 0.05) is 19.6 Å². The van der Waals surface area contributed by atoms with E-state index in [1.165, 1.54) is 5.56 Å². The molecule has 1 aliphatic rings. The molecule has 2 rings (SSSR count). The van der Waals surface area contributed by atoms with Crippen LogP contribution in [-0.4, -0.2) is 23.7 Å². The molecule has 0 bridgehead atoms. The molecule has 1 nitrogen and oxygen atoms in total. The topological polar surface area (TPSA) is 3.24 Å². The number of hydrogen-bond donors (Lipinski definition) is 0. The van der Waals surface area contributed by atoms with E-state index >= 15 is 0 Å². The number of alkyl halides is 1. The maximum absolute atomic E-state index is 14.3. The molecule has 0 aromatic heterocycles. The van der Waals surface area contributed by atoms with Gasteiger partial charge >= 0.3 is 0 Å². The molecule has 0 spiro atoms. The van der Waals surface area contributed by atoms with Gasteiger partial charge in [-0.1, -0.05) is 44.2 Å². The lowest BCUT2D eigenvalue weighted by Crippen LogP contribution is -2.33. The molecule has 0 saturated carbocycles. The standard InChI is InChI=1S/C14H20FN/c1-12(2)14(15)8-9-16(11-14)10-13-6-4-3-5-7-13/h3-7,12H,8-11H2,1-2H3. The van der Waals surface area contributed by atoms with Crippen molar-refractivity contribution < 1.29 is 4.39 Å². The molecule has 0 amide bonds. The van der Waals surface area contributed by atoms with Crippen molar-refractivity contribution in [3.05, 3.63) is 35.9 Å². The number of benzene rings is 1. The van der Waals surface area contributed by atoms with E-state index in [1.54, 1.807) is 0 Å². The molecular formula is C14H20FN. The van der Waals surface area contributed by atoms with Crippen molar-refractivity contribution in [2.24, 2.45) is 5.92 Å². The molecule has 16 heavy (non-hydrogen) atoms. The van der Waals surface area contributed by atoms with Crippen LogP contribution in [0, 0.1) is 5.92 Å². The van der Waals surface area contributed by atoms with E-state index in [0.717, 1.165) is 13.1 Å². The minimum atomic E-state index is -0.977. The number of hydrogen-bond acceptors (Lipinski definition) is 1. The van der Waals surface area contributed by atoms with Crippen molar-refractivity contribution in [1.29, 1.82) is 0 Å². The summed E-state index contributed by atoms with van der Waals surface area (Å²) >= 11 is 0. The highest BCUT2D eigenvalue weighted by molar-refractivity contribution is 5.15. The molecule has 88 valence electrons. The van der Waals surface area contributed by atoms with Gasteiger partial charge < -0.3 is 0 Å². The first kappa shape index (κ1) is 11.6. The van der Waals surface area contributed by atoms with Gasteiger partial charge in [-0.2, -0.15) is 0 Å². The summed E-state index contributed by atoms with van der Waals surface area (Å²) in [6.07, 6.45) is 0.678. The maximum Gasteiger partial charge on any atom is 0.127 e. The van der Waals surface area contributed by atoms with E-state index in [9.17, 15) is 4.39 Å². The van der Waals surface area contributed by atoms with Gasteiger partial charge in [0.05, 0.1) is 0 Å². The summed E-state index contributed by atoms with van der Waals surface area (Å²) in [6.45, 7) is 6.29. The third-order valence-electron chi connectivity index (χ3n) is 3.61. The number of halogens is 1. The van der Waals surface area contributed by atoms with Gasteiger partial charge in [0.2, 0.25) is 0 Å². The van der Waals surface area contributed by atoms with Crippen LogP contribution in [0.25, 0.3) is 0 Å². The smallest absolute Gasteiger partial charge is 0.127 e. The lowest BCUT2D eigenvalue weighted by atomic mass is 9.92. The van der Waals surface area contributed by atoms with Crippen LogP contribution in [0.15, 0.2) is 30.3 Å². The Morgan fingerprint density at radius 3 is 2.56 bits per heavy atom. The van der Waals surface area contributed by atoms with Gasteiger partial charge in [-0.05, 0) is 17.9 Å². The third-order valence-corrected chi connectivity index (χ3v) is 3.61. The van der Waals surface area contributed by atoms with Crippen molar-refractivity contribution in [1.82, 2.24) is 4.90 Å². The monoisotopic (exact) mass is 221 g/mol. The zero-order chi connectivity index (χ0) is 11.6. The highest BCUT2D eigenvalue weighted by Gasteiger charge is 2.40. The molecule has 1 atom stereocenters. The van der Waals surface area contributed by atoms with E-state index in [1.807, 2.05) is 32.0 Å². The molecule has 1 aromatic rings. The molecule has 1 unspecified atom stereocenters. The van der Waals surface area contributed by atoms with Crippen LogP contribution >= 0.6 is 0 Å². The molecule has 1 aromatic carbocycles. The quantitative estimate of drug-likeness (QED) is 0.757. The minimum Gasteiger partial charge on any atom is -0.296 e. The Morgan fingerprint density at radius 1 is 1.31 bits per heavy atom. The van der Waals surface area contributed by atoms with Crippen LogP contribution in [0.4, 0.5) is 4.39 Å². The second-order valence-corrected chi connectivity index (χ2v) is 5.14. The Hall–Kier alpha value is -0.890. The van der Waals surface area contributed by atoms with Crippen LogP contribution in [0.1, 0.15) is 25.8 Å². The zero-order valence-electron chi connectivity index (χ0n) is 10.1. The van der Waals surface area contributed by atoms with Crippen LogP contribution in [0.5, 0.6) is 0 Å². The lowest BCUT2D eigenvalue weighted by Gasteiger charge is -2.24. The summed E-state index contributed by atoms with van der Waals surface area (Å²) in [5.74, 6) is 0.119. The van der Waals surface area contributed by atoms with Gasteiger partial charge in [-0.25, -0.2) is 4.39 Å². The van der Waals surface area contributed by atoms with Crippen molar-refractivity contribution in [2.45, 2.75) is 32.5 Å². The van der Waals surface area contributed by atoms with E-state index in [0.29, 0.717) is 13.0 Å². The molecule has 0 radical (unpaired) electrons. The van der Waals surface area contributed by atoms with E-state index in [-0.39, 0.29) is 5.92 Å².